The Morgan fingerprint density at radius 2 is 0.792 bits per heavy atom. The second kappa shape index (κ2) is 5.87. The van der Waals surface area contributed by atoms with Gasteiger partial charge in [0.25, 0.3) is 0 Å². The topological polar surface area (TPSA) is 71.0 Å². The lowest BCUT2D eigenvalue weighted by Crippen LogP contribution is -2.58. The average Bonchev–Trinajstić information content (AvgIpc) is 2.38. The molecule has 0 aliphatic carbocycles. The fourth-order valence-electron chi connectivity index (χ4n) is 4.33. The van der Waals surface area contributed by atoms with Crippen LogP contribution in [-0.4, -0.2) is 43.7 Å². The number of nitrogens with zero attached hydrogens (tertiary/aromatic N) is 4. The van der Waals surface area contributed by atoms with Gasteiger partial charge in [0.05, 0.1) is 0 Å². The molecule has 2 saturated heterocycles. The Hall–Kier alpha value is -0.820. The fraction of sp³-hybridized carbons (Fsp3) is 0.889. The van der Waals surface area contributed by atoms with Crippen LogP contribution in [0.4, 0.5) is 0 Å². The van der Waals surface area contributed by atoms with Crippen molar-refractivity contribution in [3.05, 3.63) is 0 Å². The number of hydrogen-bond donors (Lipinski definition) is 0. The van der Waals surface area contributed by atoms with Crippen molar-refractivity contribution in [3.8, 4) is 0 Å². The van der Waals surface area contributed by atoms with Crippen LogP contribution in [0.3, 0.4) is 0 Å². The second-order valence-corrected chi connectivity index (χ2v) is 9.88. The van der Waals surface area contributed by atoms with Crippen LogP contribution in [0.1, 0.15) is 81.1 Å². The van der Waals surface area contributed by atoms with Gasteiger partial charge in [-0.3, -0.25) is 0 Å². The lowest BCUT2D eigenvalue weighted by Gasteiger charge is -2.47. The Morgan fingerprint density at radius 1 is 0.583 bits per heavy atom. The second-order valence-electron chi connectivity index (χ2n) is 9.88. The molecule has 6 nitrogen and oxygen atoms in total. The molecule has 0 bridgehead atoms. The first-order valence-electron chi connectivity index (χ1n) is 8.74. The van der Waals surface area contributed by atoms with E-state index < -0.39 is 22.2 Å². The molecule has 136 valence electrons. The molecule has 0 atom stereocenters. The maximum atomic E-state index is 12.4. The molecule has 2 rings (SSSR count). The monoisotopic (exact) mass is 336 g/mol. The van der Waals surface area contributed by atoms with Gasteiger partial charge in [0.1, 0.15) is 0 Å². The summed E-state index contributed by atoms with van der Waals surface area (Å²) in [6.07, 6.45) is 2.49. The first-order chi connectivity index (χ1) is 10.7. The summed E-state index contributed by atoms with van der Waals surface area (Å²) in [5.74, 6) is 0. The number of rotatable bonds is 1. The van der Waals surface area contributed by atoms with E-state index in [1.165, 1.54) is 10.1 Å². The van der Waals surface area contributed by atoms with Gasteiger partial charge >= 0.3 is 0 Å². The summed E-state index contributed by atoms with van der Waals surface area (Å²) in [6, 6.07) is 0. The van der Waals surface area contributed by atoms with Gasteiger partial charge in [-0.15, -0.1) is 20.5 Å². The molecule has 2 radical (unpaired) electrons. The van der Waals surface area contributed by atoms with E-state index >= 15 is 0 Å². The first kappa shape index (κ1) is 19.5. The highest BCUT2D eigenvalue weighted by Gasteiger charge is 2.46. The molecule has 0 aromatic heterocycles. The van der Waals surface area contributed by atoms with Gasteiger partial charge in [0.2, 0.25) is 0 Å². The van der Waals surface area contributed by atoms with E-state index in [0.29, 0.717) is 25.7 Å². The normalized spacial score (nSPS) is 29.4. The van der Waals surface area contributed by atoms with Gasteiger partial charge in [-0.25, -0.2) is 0 Å². The van der Waals surface area contributed by atoms with Gasteiger partial charge in [-0.2, -0.15) is 10.2 Å². The van der Waals surface area contributed by atoms with Crippen molar-refractivity contribution in [2.45, 2.75) is 103 Å². The van der Waals surface area contributed by atoms with E-state index in [2.05, 4.69) is 10.2 Å². The van der Waals surface area contributed by atoms with Crippen LogP contribution in [0.15, 0.2) is 10.2 Å². The Balaban J connectivity index is 2.24. The van der Waals surface area contributed by atoms with Crippen LogP contribution in [0.2, 0.25) is 0 Å². The van der Waals surface area contributed by atoms with Crippen molar-refractivity contribution in [3.63, 3.8) is 0 Å². The predicted molar refractivity (Wildman–Crippen MR) is 94.7 cm³/mol. The molecule has 0 saturated carbocycles. The van der Waals surface area contributed by atoms with E-state index in [1.807, 2.05) is 55.4 Å². The zero-order chi connectivity index (χ0) is 18.6. The molecule has 0 spiro atoms. The highest BCUT2D eigenvalue weighted by molar-refractivity contribution is 5.90. The highest BCUT2D eigenvalue weighted by atomic mass is 16.5. The van der Waals surface area contributed by atoms with E-state index in [4.69, 9.17) is 0 Å². The Bertz CT molecular complexity index is 471. The zero-order valence-electron chi connectivity index (χ0n) is 16.4. The molecule has 0 aromatic rings. The minimum atomic E-state index is -0.475. The van der Waals surface area contributed by atoms with Crippen LogP contribution in [-0.2, 0) is 10.4 Å². The average molecular weight is 336 g/mol. The van der Waals surface area contributed by atoms with Crippen LogP contribution < -0.4 is 0 Å². The molecule has 2 fully saturated rings. The molecule has 24 heavy (non-hydrogen) atoms. The van der Waals surface area contributed by atoms with Crippen molar-refractivity contribution < 1.29 is 10.4 Å². The predicted octanol–water partition coefficient (Wildman–Crippen LogP) is 3.78. The molecule has 2 aliphatic rings. The summed E-state index contributed by atoms with van der Waals surface area (Å²) in [5, 5.41) is 36.2. The molecule has 2 heterocycles. The molecule has 0 N–H and O–H groups in total. The zero-order valence-corrected chi connectivity index (χ0v) is 16.4. The van der Waals surface area contributed by atoms with Gasteiger partial charge in [-0.1, -0.05) is 0 Å². The fourth-order valence-corrected chi connectivity index (χ4v) is 4.33. The lowest BCUT2D eigenvalue weighted by molar-refractivity contribution is -0.273. The van der Waals surface area contributed by atoms with Crippen molar-refractivity contribution in [1.82, 2.24) is 10.1 Å². The molecule has 0 amide bonds. The Morgan fingerprint density at radius 3 is 1.00 bits per heavy atom. The lowest BCUT2D eigenvalue weighted by atomic mass is 9.80. The third-order valence-corrected chi connectivity index (χ3v) is 5.08. The molecule has 0 aromatic carbocycles. The van der Waals surface area contributed by atoms with E-state index in [0.717, 1.165) is 11.4 Å². The molecular weight excluding hydrogens is 304 g/mol. The number of piperidine rings is 2. The quantitative estimate of drug-likeness (QED) is 0.684. The minimum Gasteiger partial charge on any atom is -0.160 e. The third-order valence-electron chi connectivity index (χ3n) is 5.08. The van der Waals surface area contributed by atoms with Crippen LogP contribution in [0.5, 0.6) is 0 Å². The molecule has 0 unspecified atom stereocenters. The first-order valence-corrected chi connectivity index (χ1v) is 8.74. The summed E-state index contributed by atoms with van der Waals surface area (Å²) in [5.41, 5.74) is 0.0275. The summed E-state index contributed by atoms with van der Waals surface area (Å²) in [7, 11) is 0. The van der Waals surface area contributed by atoms with E-state index in [9.17, 15) is 10.4 Å². The number of hydroxylamine groups is 4. The van der Waals surface area contributed by atoms with Gasteiger partial charge in [0.15, 0.2) is 0 Å². The Labute approximate surface area is 146 Å². The molecule has 6 heteroatoms. The van der Waals surface area contributed by atoms with Crippen LogP contribution >= 0.6 is 0 Å². The third kappa shape index (κ3) is 3.72. The van der Waals surface area contributed by atoms with Gasteiger partial charge < -0.3 is 0 Å². The van der Waals surface area contributed by atoms with E-state index in [-0.39, 0.29) is 0 Å². The number of hydrogen-bond acceptors (Lipinski definition) is 4. The van der Waals surface area contributed by atoms with Crippen molar-refractivity contribution >= 4 is 11.4 Å². The minimum absolute atomic E-state index is 0.475. The standard InChI is InChI=1S/C18H32N4O2/c1-15(2)9-13(10-16(3,4)21(15)23)19-20-14-11-17(5,6)22(24)18(7,8)12-14/h9-12H2,1-8H3. The van der Waals surface area contributed by atoms with Crippen molar-refractivity contribution in [2.75, 3.05) is 0 Å². The van der Waals surface area contributed by atoms with Crippen molar-refractivity contribution in [1.29, 1.82) is 0 Å². The highest BCUT2D eigenvalue weighted by Crippen LogP contribution is 2.37. The maximum absolute atomic E-state index is 12.4. The van der Waals surface area contributed by atoms with Crippen molar-refractivity contribution in [2.24, 2.45) is 10.2 Å². The van der Waals surface area contributed by atoms with Gasteiger partial charge in [0, 0.05) is 59.3 Å². The van der Waals surface area contributed by atoms with Crippen LogP contribution in [0, 0.1) is 0 Å². The maximum Gasteiger partial charge on any atom is 0.0496 e. The van der Waals surface area contributed by atoms with Crippen LogP contribution in [0.25, 0.3) is 0 Å². The largest absolute Gasteiger partial charge is 0.160 e. The summed E-state index contributed by atoms with van der Waals surface area (Å²) in [6.45, 7) is 15.6. The van der Waals surface area contributed by atoms with Gasteiger partial charge in [-0.05, 0) is 55.4 Å². The Kier molecular flexibility index (Phi) is 4.77. The summed E-state index contributed by atoms with van der Waals surface area (Å²) >= 11 is 0. The molecular formula is C18H32N4O2. The SMILES string of the molecule is CC1(C)CC(=NN=C2CC(C)(C)N([O])C(C)(C)C2)CC(C)(C)N1[O]. The smallest absolute Gasteiger partial charge is 0.0496 e. The summed E-state index contributed by atoms with van der Waals surface area (Å²) < 4.78 is 0. The van der Waals surface area contributed by atoms with E-state index in [1.54, 1.807) is 0 Å². The summed E-state index contributed by atoms with van der Waals surface area (Å²) in [4.78, 5) is 0. The molecule has 2 aliphatic heterocycles.